The Kier molecular flexibility index (Phi) is 11.4. The van der Waals surface area contributed by atoms with Gasteiger partial charge >= 0.3 is 0 Å². The molecule has 0 aromatic heterocycles. The van der Waals surface area contributed by atoms with Crippen molar-refractivity contribution in [2.45, 2.75) is 83.7 Å². The van der Waals surface area contributed by atoms with E-state index in [1.807, 2.05) is 0 Å². The molecular formula is C33H47FN4O2. The van der Waals surface area contributed by atoms with E-state index in [-0.39, 0.29) is 23.7 Å². The monoisotopic (exact) mass is 550 g/mol. The molecule has 1 fully saturated rings. The molecule has 2 aliphatic rings. The van der Waals surface area contributed by atoms with Crippen LogP contribution in [0.1, 0.15) is 82.4 Å². The van der Waals surface area contributed by atoms with Crippen LogP contribution < -0.4 is 10.2 Å². The molecule has 0 saturated heterocycles. The Bertz CT molecular complexity index is 1080. The van der Waals surface area contributed by atoms with Crippen molar-refractivity contribution in [2.24, 2.45) is 0 Å². The molecule has 2 amide bonds. The molecule has 0 spiro atoms. The fraction of sp³-hybridized carbons (Fsp3) is 0.576. The number of fused-ring (bicyclic) bond motifs is 1. The third-order valence-corrected chi connectivity index (χ3v) is 8.59. The van der Waals surface area contributed by atoms with E-state index in [1.54, 1.807) is 17.0 Å². The Morgan fingerprint density at radius 2 is 1.70 bits per heavy atom. The number of rotatable bonds is 13. The Morgan fingerprint density at radius 1 is 0.975 bits per heavy atom. The Balaban J connectivity index is 1.56. The summed E-state index contributed by atoms with van der Waals surface area (Å²) in [6, 6.07) is 13.9. The van der Waals surface area contributed by atoms with Crippen LogP contribution in [0.2, 0.25) is 0 Å². The molecule has 1 saturated carbocycles. The first-order chi connectivity index (χ1) is 19.5. The van der Waals surface area contributed by atoms with E-state index in [0.29, 0.717) is 25.1 Å². The van der Waals surface area contributed by atoms with Gasteiger partial charge in [0.15, 0.2) is 0 Å². The maximum atomic E-state index is 14.0. The van der Waals surface area contributed by atoms with Crippen molar-refractivity contribution in [1.82, 2.24) is 15.1 Å². The van der Waals surface area contributed by atoms with Crippen LogP contribution in [0.4, 0.5) is 10.1 Å². The molecule has 1 N–H and O–H groups in total. The largest absolute Gasteiger partial charge is 0.371 e. The van der Waals surface area contributed by atoms with Gasteiger partial charge in [-0.25, -0.2) is 4.39 Å². The number of anilines is 1. The lowest BCUT2D eigenvalue weighted by atomic mass is 9.94. The SMILES string of the molecule is CCN(CC)CCCN(C(=O)CCN1CCCc2ccccc21)[C@@H](C(=O)NC1CCCCC1)c1ccc(F)cc1. The van der Waals surface area contributed by atoms with Crippen molar-refractivity contribution < 1.29 is 14.0 Å². The van der Waals surface area contributed by atoms with Gasteiger partial charge in [-0.05, 0) is 81.1 Å². The second-order valence-corrected chi connectivity index (χ2v) is 11.2. The number of halogens is 1. The maximum absolute atomic E-state index is 14.0. The predicted octanol–water partition coefficient (Wildman–Crippen LogP) is 5.72. The summed E-state index contributed by atoms with van der Waals surface area (Å²) < 4.78 is 13.9. The van der Waals surface area contributed by atoms with E-state index >= 15 is 0 Å². The average Bonchev–Trinajstić information content (AvgIpc) is 2.98. The summed E-state index contributed by atoms with van der Waals surface area (Å²) in [6.07, 6.45) is 8.57. The van der Waals surface area contributed by atoms with E-state index in [9.17, 15) is 14.0 Å². The highest BCUT2D eigenvalue weighted by atomic mass is 19.1. The third kappa shape index (κ3) is 8.06. The number of hydrogen-bond acceptors (Lipinski definition) is 4. The van der Waals surface area contributed by atoms with Gasteiger partial charge in [0.05, 0.1) is 0 Å². The number of benzene rings is 2. The molecule has 7 heteroatoms. The lowest BCUT2D eigenvalue weighted by molar-refractivity contribution is -0.141. The molecule has 218 valence electrons. The maximum Gasteiger partial charge on any atom is 0.247 e. The number of carbonyl (C=O) groups is 2. The zero-order valence-corrected chi connectivity index (χ0v) is 24.4. The van der Waals surface area contributed by atoms with Gasteiger partial charge in [-0.3, -0.25) is 9.59 Å². The van der Waals surface area contributed by atoms with Crippen LogP contribution in [0.5, 0.6) is 0 Å². The van der Waals surface area contributed by atoms with Crippen molar-refractivity contribution in [2.75, 3.05) is 44.2 Å². The van der Waals surface area contributed by atoms with Gasteiger partial charge in [-0.1, -0.05) is 63.4 Å². The second-order valence-electron chi connectivity index (χ2n) is 11.2. The van der Waals surface area contributed by atoms with Gasteiger partial charge in [0.25, 0.3) is 0 Å². The van der Waals surface area contributed by atoms with E-state index in [2.05, 4.69) is 53.2 Å². The van der Waals surface area contributed by atoms with Crippen molar-refractivity contribution in [3.8, 4) is 0 Å². The highest BCUT2D eigenvalue weighted by Gasteiger charge is 2.33. The molecule has 2 aromatic carbocycles. The molecular weight excluding hydrogens is 503 g/mol. The number of para-hydroxylation sites is 1. The molecule has 0 unspecified atom stereocenters. The summed E-state index contributed by atoms with van der Waals surface area (Å²) in [6.45, 7) is 9.05. The van der Waals surface area contributed by atoms with Crippen LogP contribution in [-0.4, -0.2) is 66.9 Å². The summed E-state index contributed by atoms with van der Waals surface area (Å²) in [7, 11) is 0. The standard InChI is InChI=1S/C33H47FN4O2/c1-3-36(4-2)22-11-24-38(31(39)21-25-37-23-10-13-26-12-8-9-16-30(26)37)32(27-17-19-28(34)20-18-27)33(40)35-29-14-6-5-7-15-29/h8-9,12,16-20,29,32H,3-7,10-11,13-15,21-25H2,1-2H3,(H,35,40)/t32-/m1/s1. The van der Waals surface area contributed by atoms with Crippen molar-refractivity contribution >= 4 is 17.5 Å². The molecule has 0 radical (unpaired) electrons. The van der Waals surface area contributed by atoms with Crippen molar-refractivity contribution in [3.05, 3.63) is 65.5 Å². The summed E-state index contributed by atoms with van der Waals surface area (Å²) in [5.41, 5.74) is 3.20. The summed E-state index contributed by atoms with van der Waals surface area (Å²) in [5, 5.41) is 3.26. The Hall–Kier alpha value is -2.93. The Labute approximate surface area is 239 Å². The second kappa shape index (κ2) is 15.2. The van der Waals surface area contributed by atoms with E-state index in [1.165, 1.54) is 29.8 Å². The number of carbonyl (C=O) groups excluding carboxylic acids is 2. The highest BCUT2D eigenvalue weighted by Crippen LogP contribution is 2.28. The molecule has 40 heavy (non-hydrogen) atoms. The van der Waals surface area contributed by atoms with Gasteiger partial charge in [0.1, 0.15) is 11.9 Å². The van der Waals surface area contributed by atoms with Crippen LogP contribution in [0.15, 0.2) is 48.5 Å². The first-order valence-corrected chi connectivity index (χ1v) is 15.4. The van der Waals surface area contributed by atoms with E-state index < -0.39 is 6.04 Å². The normalized spacial score (nSPS) is 16.4. The zero-order chi connectivity index (χ0) is 28.3. The topological polar surface area (TPSA) is 55.9 Å². The third-order valence-electron chi connectivity index (χ3n) is 8.59. The van der Waals surface area contributed by atoms with Gasteiger partial charge < -0.3 is 20.0 Å². The lowest BCUT2D eigenvalue weighted by Gasteiger charge is -2.35. The molecule has 1 heterocycles. The number of aryl methyl sites for hydroxylation is 1. The van der Waals surface area contributed by atoms with E-state index in [4.69, 9.17) is 0 Å². The minimum atomic E-state index is -0.777. The van der Waals surface area contributed by atoms with Crippen LogP contribution in [-0.2, 0) is 16.0 Å². The molecule has 1 atom stereocenters. The van der Waals surface area contributed by atoms with Gasteiger partial charge in [0, 0.05) is 37.8 Å². The van der Waals surface area contributed by atoms with Crippen molar-refractivity contribution in [3.63, 3.8) is 0 Å². The molecule has 0 bridgehead atoms. The van der Waals surface area contributed by atoms with Crippen molar-refractivity contribution in [1.29, 1.82) is 0 Å². The molecule has 4 rings (SSSR count). The number of nitrogens with one attached hydrogen (secondary N) is 1. The molecule has 1 aliphatic heterocycles. The quantitative estimate of drug-likeness (QED) is 0.347. The minimum Gasteiger partial charge on any atom is -0.371 e. The predicted molar refractivity (Wildman–Crippen MR) is 160 cm³/mol. The first kappa shape index (κ1) is 30.0. The Morgan fingerprint density at radius 3 is 2.42 bits per heavy atom. The summed E-state index contributed by atoms with van der Waals surface area (Å²) in [5.74, 6) is -0.535. The van der Waals surface area contributed by atoms with Gasteiger partial charge in [0.2, 0.25) is 11.8 Å². The number of hydrogen-bond donors (Lipinski definition) is 1. The average molecular weight is 551 g/mol. The van der Waals surface area contributed by atoms with Gasteiger partial charge in [-0.15, -0.1) is 0 Å². The smallest absolute Gasteiger partial charge is 0.247 e. The van der Waals surface area contributed by atoms with Crippen LogP contribution in [0.25, 0.3) is 0 Å². The number of nitrogens with zero attached hydrogens (tertiary/aromatic N) is 3. The highest BCUT2D eigenvalue weighted by molar-refractivity contribution is 5.89. The fourth-order valence-corrected chi connectivity index (χ4v) is 6.27. The number of amides is 2. The molecule has 6 nitrogen and oxygen atoms in total. The lowest BCUT2D eigenvalue weighted by Crippen LogP contribution is -2.48. The minimum absolute atomic E-state index is 0.0317. The molecule has 1 aliphatic carbocycles. The van der Waals surface area contributed by atoms with Crippen LogP contribution >= 0.6 is 0 Å². The summed E-state index contributed by atoms with van der Waals surface area (Å²) >= 11 is 0. The van der Waals surface area contributed by atoms with E-state index in [0.717, 1.165) is 71.1 Å². The van der Waals surface area contributed by atoms with Gasteiger partial charge in [-0.2, -0.15) is 0 Å². The van der Waals surface area contributed by atoms with Crippen LogP contribution in [0, 0.1) is 5.82 Å². The summed E-state index contributed by atoms with van der Waals surface area (Å²) in [4.78, 5) is 34.3. The first-order valence-electron chi connectivity index (χ1n) is 15.4. The zero-order valence-electron chi connectivity index (χ0n) is 24.4. The fourth-order valence-electron chi connectivity index (χ4n) is 6.27. The molecule has 2 aromatic rings. The van der Waals surface area contributed by atoms with Crippen LogP contribution in [0.3, 0.4) is 0 Å².